The summed E-state index contributed by atoms with van der Waals surface area (Å²) in [5.41, 5.74) is 1.66. The minimum atomic E-state index is -0.632. The van der Waals surface area contributed by atoms with Gasteiger partial charge in [0, 0.05) is 0 Å². The molecule has 2 N–H and O–H groups in total. The van der Waals surface area contributed by atoms with Crippen molar-refractivity contribution in [2.75, 3.05) is 0 Å². The number of carbonyl (C=O) groups is 1. The van der Waals surface area contributed by atoms with Crippen LogP contribution in [0.2, 0.25) is 0 Å². The van der Waals surface area contributed by atoms with Crippen molar-refractivity contribution in [3.8, 4) is 0 Å². The standard InChI is InChI=1S/C11H15NO3/c13-9(14)7-1-10(2-7)5-11(6-10)3-8(4-11)12-15/h7,15H,1-6H2,(H,13,14). The third-order valence-corrected chi connectivity index (χ3v) is 4.51. The van der Waals surface area contributed by atoms with Crippen molar-refractivity contribution in [3.05, 3.63) is 0 Å². The topological polar surface area (TPSA) is 69.9 Å². The molecule has 0 saturated heterocycles. The van der Waals surface area contributed by atoms with Crippen LogP contribution in [0.1, 0.15) is 38.5 Å². The maximum atomic E-state index is 10.7. The second-order valence-corrected chi connectivity index (χ2v) is 5.82. The second-order valence-electron chi connectivity index (χ2n) is 5.82. The molecule has 0 radical (unpaired) electrons. The summed E-state index contributed by atoms with van der Waals surface area (Å²) in [6.07, 6.45) is 5.92. The molecule has 2 spiro atoms. The van der Waals surface area contributed by atoms with E-state index in [0.717, 1.165) is 44.2 Å². The summed E-state index contributed by atoms with van der Waals surface area (Å²) < 4.78 is 0. The van der Waals surface area contributed by atoms with Crippen molar-refractivity contribution in [3.63, 3.8) is 0 Å². The Morgan fingerprint density at radius 1 is 1.27 bits per heavy atom. The van der Waals surface area contributed by atoms with Crippen LogP contribution in [0.5, 0.6) is 0 Å². The molecule has 0 aromatic heterocycles. The summed E-state index contributed by atoms with van der Waals surface area (Å²) >= 11 is 0. The minimum Gasteiger partial charge on any atom is -0.481 e. The highest BCUT2D eigenvalue weighted by molar-refractivity contribution is 5.91. The molecule has 3 fully saturated rings. The number of carboxylic acid groups (broad SMARTS) is 1. The first-order valence-corrected chi connectivity index (χ1v) is 5.49. The van der Waals surface area contributed by atoms with Crippen LogP contribution in [-0.2, 0) is 4.79 Å². The van der Waals surface area contributed by atoms with Gasteiger partial charge >= 0.3 is 5.97 Å². The number of carboxylic acids is 1. The average molecular weight is 209 g/mol. The largest absolute Gasteiger partial charge is 0.481 e. The van der Waals surface area contributed by atoms with Crippen molar-refractivity contribution in [2.45, 2.75) is 38.5 Å². The van der Waals surface area contributed by atoms with Crippen LogP contribution in [-0.4, -0.2) is 22.0 Å². The van der Waals surface area contributed by atoms with Gasteiger partial charge in [-0.3, -0.25) is 4.79 Å². The molecule has 4 nitrogen and oxygen atoms in total. The van der Waals surface area contributed by atoms with Crippen molar-refractivity contribution in [2.24, 2.45) is 21.9 Å². The Morgan fingerprint density at radius 2 is 1.87 bits per heavy atom. The Kier molecular flexibility index (Phi) is 1.56. The van der Waals surface area contributed by atoms with Gasteiger partial charge in [0.1, 0.15) is 0 Å². The molecular formula is C11H15NO3. The van der Waals surface area contributed by atoms with Gasteiger partial charge in [-0.15, -0.1) is 0 Å². The molecule has 0 bridgehead atoms. The molecule has 15 heavy (non-hydrogen) atoms. The lowest BCUT2D eigenvalue weighted by Crippen LogP contribution is -2.59. The Bertz CT molecular complexity index is 337. The van der Waals surface area contributed by atoms with Gasteiger partial charge in [-0.1, -0.05) is 5.16 Å². The number of hydrogen-bond donors (Lipinski definition) is 2. The molecule has 0 aromatic rings. The van der Waals surface area contributed by atoms with E-state index in [1.54, 1.807) is 0 Å². The van der Waals surface area contributed by atoms with E-state index in [2.05, 4.69) is 5.16 Å². The van der Waals surface area contributed by atoms with Gasteiger partial charge in [0.15, 0.2) is 0 Å². The zero-order chi connectivity index (χ0) is 10.7. The van der Waals surface area contributed by atoms with Crippen LogP contribution in [0.4, 0.5) is 0 Å². The first kappa shape index (κ1) is 9.19. The van der Waals surface area contributed by atoms with E-state index in [1.165, 1.54) is 0 Å². The smallest absolute Gasteiger partial charge is 0.306 e. The summed E-state index contributed by atoms with van der Waals surface area (Å²) in [6, 6.07) is 0. The first-order chi connectivity index (χ1) is 7.06. The lowest BCUT2D eigenvalue weighted by atomic mass is 9.38. The van der Waals surface area contributed by atoms with Crippen molar-refractivity contribution < 1.29 is 15.1 Å². The van der Waals surface area contributed by atoms with Crippen LogP contribution in [0.3, 0.4) is 0 Å². The minimum absolute atomic E-state index is 0.0894. The normalized spacial score (nSPS) is 46.9. The number of nitrogens with zero attached hydrogens (tertiary/aromatic N) is 1. The molecule has 0 unspecified atom stereocenters. The van der Waals surface area contributed by atoms with Gasteiger partial charge in [0.2, 0.25) is 0 Å². The summed E-state index contributed by atoms with van der Waals surface area (Å²) in [7, 11) is 0. The number of rotatable bonds is 1. The van der Waals surface area contributed by atoms with Gasteiger partial charge in [0.25, 0.3) is 0 Å². The third-order valence-electron chi connectivity index (χ3n) is 4.51. The third kappa shape index (κ3) is 1.13. The average Bonchev–Trinajstić information content (AvgIpc) is 1.95. The van der Waals surface area contributed by atoms with E-state index < -0.39 is 5.97 Å². The molecule has 3 rings (SSSR count). The van der Waals surface area contributed by atoms with E-state index >= 15 is 0 Å². The molecule has 3 aliphatic rings. The molecule has 0 amide bonds. The fourth-order valence-electron chi connectivity index (χ4n) is 4.12. The first-order valence-electron chi connectivity index (χ1n) is 5.49. The Labute approximate surface area is 88.0 Å². The summed E-state index contributed by atoms with van der Waals surface area (Å²) in [5, 5.41) is 20.6. The van der Waals surface area contributed by atoms with Gasteiger partial charge in [-0.2, -0.15) is 0 Å². The highest BCUT2D eigenvalue weighted by Crippen LogP contribution is 2.71. The van der Waals surface area contributed by atoms with E-state index in [1.807, 2.05) is 0 Å². The molecule has 82 valence electrons. The molecule has 3 aliphatic carbocycles. The van der Waals surface area contributed by atoms with E-state index in [-0.39, 0.29) is 5.92 Å². The van der Waals surface area contributed by atoms with Crippen LogP contribution in [0.15, 0.2) is 5.16 Å². The second kappa shape index (κ2) is 2.54. The number of hydrogen-bond acceptors (Lipinski definition) is 3. The highest BCUT2D eigenvalue weighted by Gasteiger charge is 2.64. The predicted octanol–water partition coefficient (Wildman–Crippen LogP) is 1.87. The lowest BCUT2D eigenvalue weighted by Gasteiger charge is -2.66. The Morgan fingerprint density at radius 3 is 2.33 bits per heavy atom. The van der Waals surface area contributed by atoms with Crippen LogP contribution in [0.25, 0.3) is 0 Å². The summed E-state index contributed by atoms with van der Waals surface area (Å²) in [5.74, 6) is -0.721. The van der Waals surface area contributed by atoms with Crippen LogP contribution < -0.4 is 0 Å². The van der Waals surface area contributed by atoms with Crippen molar-refractivity contribution >= 4 is 11.7 Å². The van der Waals surface area contributed by atoms with Crippen molar-refractivity contribution in [1.29, 1.82) is 0 Å². The fraction of sp³-hybridized carbons (Fsp3) is 0.818. The molecule has 0 heterocycles. The quantitative estimate of drug-likeness (QED) is 0.511. The van der Waals surface area contributed by atoms with Gasteiger partial charge in [0.05, 0.1) is 11.6 Å². The van der Waals surface area contributed by atoms with Gasteiger partial charge < -0.3 is 10.3 Å². The monoisotopic (exact) mass is 209 g/mol. The molecule has 0 atom stereocenters. The SMILES string of the molecule is O=C(O)C1CC2(C1)CC1(CC(=NO)C1)C2. The summed E-state index contributed by atoms with van der Waals surface area (Å²) in [4.78, 5) is 10.7. The maximum absolute atomic E-state index is 10.7. The molecule has 0 aromatic carbocycles. The zero-order valence-corrected chi connectivity index (χ0v) is 8.57. The molecule has 3 saturated carbocycles. The number of oxime groups is 1. The fourth-order valence-corrected chi connectivity index (χ4v) is 4.12. The van der Waals surface area contributed by atoms with Gasteiger partial charge in [-0.05, 0) is 49.4 Å². The van der Waals surface area contributed by atoms with E-state index in [9.17, 15) is 4.79 Å². The Balaban J connectivity index is 1.54. The Hall–Kier alpha value is -1.06. The summed E-state index contributed by atoms with van der Waals surface area (Å²) in [6.45, 7) is 0. The molecular weight excluding hydrogens is 194 g/mol. The predicted molar refractivity (Wildman–Crippen MR) is 52.9 cm³/mol. The number of aliphatic carboxylic acids is 1. The van der Waals surface area contributed by atoms with Gasteiger partial charge in [-0.25, -0.2) is 0 Å². The van der Waals surface area contributed by atoms with Crippen LogP contribution >= 0.6 is 0 Å². The zero-order valence-electron chi connectivity index (χ0n) is 8.57. The molecule has 0 aliphatic heterocycles. The van der Waals surface area contributed by atoms with Crippen LogP contribution in [0, 0.1) is 16.7 Å². The maximum Gasteiger partial charge on any atom is 0.306 e. The molecule has 4 heteroatoms. The van der Waals surface area contributed by atoms with Crippen molar-refractivity contribution in [1.82, 2.24) is 0 Å². The van der Waals surface area contributed by atoms with E-state index in [0.29, 0.717) is 10.8 Å². The lowest BCUT2D eigenvalue weighted by molar-refractivity contribution is -0.170. The highest BCUT2D eigenvalue weighted by atomic mass is 16.4. The van der Waals surface area contributed by atoms with E-state index in [4.69, 9.17) is 10.3 Å².